The van der Waals surface area contributed by atoms with Crippen molar-refractivity contribution in [3.05, 3.63) is 57.1 Å². The zero-order valence-corrected chi connectivity index (χ0v) is 16.9. The van der Waals surface area contributed by atoms with Gasteiger partial charge in [0.1, 0.15) is 12.3 Å². The van der Waals surface area contributed by atoms with Gasteiger partial charge >= 0.3 is 0 Å². The summed E-state index contributed by atoms with van der Waals surface area (Å²) in [6, 6.07) is 8.41. The Bertz CT molecular complexity index is 1030. The van der Waals surface area contributed by atoms with Crippen molar-refractivity contribution in [3.63, 3.8) is 0 Å². The Hall–Kier alpha value is -2.85. The van der Waals surface area contributed by atoms with E-state index in [1.54, 1.807) is 19.1 Å². The number of nitrogens with one attached hydrogen (secondary N) is 1. The van der Waals surface area contributed by atoms with Crippen LogP contribution in [0.1, 0.15) is 5.56 Å². The molecule has 1 amide bonds. The number of sulfonamides is 1. The van der Waals surface area contributed by atoms with Gasteiger partial charge in [0, 0.05) is 17.2 Å². The van der Waals surface area contributed by atoms with E-state index in [-0.39, 0.29) is 22.8 Å². The van der Waals surface area contributed by atoms with E-state index in [1.807, 2.05) is 0 Å². The van der Waals surface area contributed by atoms with E-state index in [2.05, 4.69) is 5.32 Å². The summed E-state index contributed by atoms with van der Waals surface area (Å²) >= 11 is 6.06. The maximum atomic E-state index is 12.5. The highest BCUT2D eigenvalue weighted by molar-refractivity contribution is 7.92. The molecule has 0 saturated heterocycles. The number of amides is 1. The second kappa shape index (κ2) is 8.44. The van der Waals surface area contributed by atoms with Crippen LogP contribution in [0.4, 0.5) is 17.1 Å². The molecule has 0 radical (unpaired) electrons. The second-order valence-electron chi connectivity index (χ2n) is 5.84. The normalized spacial score (nSPS) is 11.0. The first kappa shape index (κ1) is 21.5. The molecule has 0 atom stereocenters. The number of nitro groups is 1. The zero-order chi connectivity index (χ0) is 21.1. The summed E-state index contributed by atoms with van der Waals surface area (Å²) in [6.45, 7) is 1.09. The number of hydrogen-bond acceptors (Lipinski definition) is 6. The summed E-state index contributed by atoms with van der Waals surface area (Å²) in [6.07, 6.45) is 0.967. The first-order valence-corrected chi connectivity index (χ1v) is 10.1. The molecule has 0 heterocycles. The number of ether oxygens (including phenoxy) is 1. The Kier molecular flexibility index (Phi) is 6.47. The van der Waals surface area contributed by atoms with E-state index in [9.17, 15) is 23.3 Å². The molecular formula is C17H18ClN3O6S. The molecule has 0 aromatic heterocycles. The molecule has 0 unspecified atom stereocenters. The fraction of sp³-hybridized carbons (Fsp3) is 0.235. The van der Waals surface area contributed by atoms with Gasteiger partial charge < -0.3 is 10.1 Å². The molecule has 150 valence electrons. The quantitative estimate of drug-likeness (QED) is 0.536. The molecule has 0 bridgehead atoms. The summed E-state index contributed by atoms with van der Waals surface area (Å²) < 4.78 is 30.5. The minimum absolute atomic E-state index is 0.0537. The lowest BCUT2D eigenvalue weighted by Crippen LogP contribution is -2.38. The number of carbonyl (C=O) groups is 1. The summed E-state index contributed by atoms with van der Waals surface area (Å²) in [5.74, 6) is -0.507. The second-order valence-corrected chi connectivity index (χ2v) is 8.16. The molecule has 0 aliphatic rings. The molecule has 0 aliphatic heterocycles. The molecule has 28 heavy (non-hydrogen) atoms. The number of rotatable bonds is 7. The summed E-state index contributed by atoms with van der Waals surface area (Å²) in [4.78, 5) is 22.8. The molecule has 9 nitrogen and oxygen atoms in total. The highest BCUT2D eigenvalue weighted by Gasteiger charge is 2.24. The van der Waals surface area contributed by atoms with Crippen molar-refractivity contribution in [2.45, 2.75) is 6.92 Å². The van der Waals surface area contributed by atoms with Gasteiger partial charge in [-0.05, 0) is 30.7 Å². The number of hydrogen-bond donors (Lipinski definition) is 1. The van der Waals surface area contributed by atoms with Gasteiger partial charge in [-0.25, -0.2) is 8.42 Å². The van der Waals surface area contributed by atoms with Crippen molar-refractivity contribution in [3.8, 4) is 5.75 Å². The smallest absolute Gasteiger partial charge is 0.271 e. The molecule has 0 fully saturated rings. The summed E-state index contributed by atoms with van der Waals surface area (Å²) in [5, 5.41) is 13.8. The number of carbonyl (C=O) groups excluding carboxylic acids is 1. The van der Waals surface area contributed by atoms with Crippen LogP contribution in [0, 0.1) is 17.0 Å². The molecule has 11 heteroatoms. The van der Waals surface area contributed by atoms with Gasteiger partial charge in [-0.1, -0.05) is 17.7 Å². The average molecular weight is 428 g/mol. The maximum absolute atomic E-state index is 12.5. The van der Waals surface area contributed by atoms with Crippen LogP contribution >= 0.6 is 11.6 Å². The Morgan fingerprint density at radius 1 is 1.32 bits per heavy atom. The fourth-order valence-corrected chi connectivity index (χ4v) is 3.55. The average Bonchev–Trinajstić information content (AvgIpc) is 2.61. The van der Waals surface area contributed by atoms with E-state index >= 15 is 0 Å². The van der Waals surface area contributed by atoms with Crippen LogP contribution in [0.15, 0.2) is 36.4 Å². The SMILES string of the molecule is COc1ccc([N+](=O)[O-])cc1NC(=O)CN(c1cccc(Cl)c1C)S(C)(=O)=O. The monoisotopic (exact) mass is 427 g/mol. The van der Waals surface area contributed by atoms with Gasteiger partial charge in [-0.3, -0.25) is 19.2 Å². The number of methoxy groups -OCH3 is 1. The van der Waals surface area contributed by atoms with Crippen molar-refractivity contribution in [1.82, 2.24) is 0 Å². The Morgan fingerprint density at radius 3 is 2.57 bits per heavy atom. The largest absolute Gasteiger partial charge is 0.495 e. The third-order valence-electron chi connectivity index (χ3n) is 3.86. The van der Waals surface area contributed by atoms with Gasteiger partial charge in [-0.15, -0.1) is 0 Å². The molecule has 2 rings (SSSR count). The maximum Gasteiger partial charge on any atom is 0.271 e. The highest BCUT2D eigenvalue weighted by Crippen LogP contribution is 2.30. The van der Waals surface area contributed by atoms with Gasteiger partial charge in [0.25, 0.3) is 5.69 Å². The Labute approximate surface area is 167 Å². The molecule has 2 aromatic carbocycles. The number of non-ortho nitro benzene ring substituents is 1. The third kappa shape index (κ3) is 4.90. The first-order chi connectivity index (χ1) is 13.0. The Balaban J connectivity index is 2.34. The van der Waals surface area contributed by atoms with Crippen molar-refractivity contribution < 1.29 is 22.9 Å². The summed E-state index contributed by atoms with van der Waals surface area (Å²) in [5.41, 5.74) is 0.561. The molecule has 0 saturated carbocycles. The first-order valence-electron chi connectivity index (χ1n) is 7.89. The third-order valence-corrected chi connectivity index (χ3v) is 5.40. The molecule has 1 N–H and O–H groups in total. The number of nitrogens with zero attached hydrogens (tertiary/aromatic N) is 2. The summed E-state index contributed by atoms with van der Waals surface area (Å²) in [7, 11) is -2.47. The minimum Gasteiger partial charge on any atom is -0.495 e. The van der Waals surface area contributed by atoms with Crippen LogP contribution in [0.2, 0.25) is 5.02 Å². The topological polar surface area (TPSA) is 119 Å². The van der Waals surface area contributed by atoms with Crippen LogP contribution in [0.3, 0.4) is 0 Å². The Morgan fingerprint density at radius 2 is 2.00 bits per heavy atom. The minimum atomic E-state index is -3.81. The van der Waals surface area contributed by atoms with E-state index in [4.69, 9.17) is 16.3 Å². The molecule has 0 aliphatic carbocycles. The molecule has 0 spiro atoms. The van der Waals surface area contributed by atoms with Crippen LogP contribution in [-0.2, 0) is 14.8 Å². The van der Waals surface area contributed by atoms with Crippen molar-refractivity contribution in [1.29, 1.82) is 0 Å². The highest BCUT2D eigenvalue weighted by atomic mass is 35.5. The lowest BCUT2D eigenvalue weighted by Gasteiger charge is -2.24. The van der Waals surface area contributed by atoms with E-state index in [1.165, 1.54) is 25.3 Å². The van der Waals surface area contributed by atoms with Gasteiger partial charge in [-0.2, -0.15) is 0 Å². The number of anilines is 2. The van der Waals surface area contributed by atoms with Crippen LogP contribution < -0.4 is 14.4 Å². The van der Waals surface area contributed by atoms with Crippen molar-refractivity contribution in [2.24, 2.45) is 0 Å². The standard InChI is InChI=1S/C17H18ClN3O6S/c1-11-13(18)5-4-6-15(11)20(28(3,25)26)10-17(22)19-14-9-12(21(23)24)7-8-16(14)27-2/h4-9H,10H2,1-3H3,(H,19,22). The fourth-order valence-electron chi connectivity index (χ4n) is 2.47. The van der Waals surface area contributed by atoms with Crippen LogP contribution in [0.5, 0.6) is 5.75 Å². The molecular weight excluding hydrogens is 410 g/mol. The number of nitro benzene ring substituents is 1. The van der Waals surface area contributed by atoms with E-state index in [0.717, 1.165) is 16.6 Å². The lowest BCUT2D eigenvalue weighted by molar-refractivity contribution is -0.384. The van der Waals surface area contributed by atoms with Gasteiger partial charge in [0.05, 0.1) is 29.7 Å². The zero-order valence-electron chi connectivity index (χ0n) is 15.3. The number of benzene rings is 2. The van der Waals surface area contributed by atoms with Gasteiger partial charge in [0.15, 0.2) is 0 Å². The van der Waals surface area contributed by atoms with Crippen LogP contribution in [-0.4, -0.2) is 39.2 Å². The number of halogens is 1. The lowest BCUT2D eigenvalue weighted by atomic mass is 10.2. The van der Waals surface area contributed by atoms with Gasteiger partial charge in [0.2, 0.25) is 15.9 Å². The predicted octanol–water partition coefficient (Wildman–Crippen LogP) is 2.97. The van der Waals surface area contributed by atoms with Crippen molar-refractivity contribution >= 4 is 44.6 Å². The van der Waals surface area contributed by atoms with Crippen molar-refractivity contribution in [2.75, 3.05) is 29.5 Å². The predicted molar refractivity (Wildman–Crippen MR) is 107 cm³/mol. The van der Waals surface area contributed by atoms with E-state index < -0.39 is 27.4 Å². The van der Waals surface area contributed by atoms with Crippen LogP contribution in [0.25, 0.3) is 0 Å². The molecule has 2 aromatic rings. The van der Waals surface area contributed by atoms with E-state index in [0.29, 0.717) is 10.6 Å².